The summed E-state index contributed by atoms with van der Waals surface area (Å²) < 4.78 is 0. The average Bonchev–Trinajstić information content (AvgIpc) is 2.33. The molecule has 8 nitrogen and oxygen atoms in total. The zero-order valence-electron chi connectivity index (χ0n) is 9.64. The van der Waals surface area contributed by atoms with Crippen LogP contribution in [0.15, 0.2) is 12.1 Å². The molecule has 0 unspecified atom stereocenters. The predicted octanol–water partition coefficient (Wildman–Crippen LogP) is 0.409. The molecule has 1 rings (SSSR count). The molecule has 0 fully saturated rings. The first-order chi connectivity index (χ1) is 8.54. The Hall–Kier alpha value is -2.69. The maximum Gasteiger partial charge on any atom is 0.305 e. The monoisotopic (exact) mass is 249 g/mol. The maximum absolute atomic E-state index is 10.6. The molecule has 0 spiro atoms. The van der Waals surface area contributed by atoms with E-state index >= 15 is 0 Å². The summed E-state index contributed by atoms with van der Waals surface area (Å²) in [6, 6.07) is 4.29. The number of carbonyl (C=O) groups excluding carboxylic acids is 1. The standard InChI is InChI=1S/C10H11N5O3/c1-7(16)12-4-5-13-10-3-2-9(15(17)18)8(6-11)14-10/h2-3H,4-5H2,1H3,(H,12,16)(H,13,14). The SMILES string of the molecule is CC(=O)NCCNc1ccc([N+](=O)[O-])c(C#N)n1. The van der Waals surface area contributed by atoms with Crippen molar-refractivity contribution in [2.45, 2.75) is 6.92 Å². The van der Waals surface area contributed by atoms with Crippen molar-refractivity contribution in [3.05, 3.63) is 27.9 Å². The summed E-state index contributed by atoms with van der Waals surface area (Å²) in [7, 11) is 0. The van der Waals surface area contributed by atoms with E-state index in [9.17, 15) is 14.9 Å². The second-order valence-corrected chi connectivity index (χ2v) is 3.34. The van der Waals surface area contributed by atoms with Crippen molar-refractivity contribution in [1.29, 1.82) is 5.26 Å². The first-order valence-corrected chi connectivity index (χ1v) is 5.08. The number of pyridine rings is 1. The first kappa shape index (κ1) is 13.4. The van der Waals surface area contributed by atoms with Crippen LogP contribution in [0, 0.1) is 21.4 Å². The van der Waals surface area contributed by atoms with Crippen LogP contribution in [0.4, 0.5) is 11.5 Å². The topological polar surface area (TPSA) is 121 Å². The number of anilines is 1. The third-order valence-electron chi connectivity index (χ3n) is 1.98. The van der Waals surface area contributed by atoms with Gasteiger partial charge in [0.2, 0.25) is 11.6 Å². The van der Waals surface area contributed by atoms with Gasteiger partial charge in [-0.1, -0.05) is 0 Å². The number of carbonyl (C=O) groups is 1. The van der Waals surface area contributed by atoms with Crippen LogP contribution in [0.3, 0.4) is 0 Å². The molecular formula is C10H11N5O3. The molecule has 94 valence electrons. The van der Waals surface area contributed by atoms with Gasteiger partial charge >= 0.3 is 5.69 Å². The second kappa shape index (κ2) is 6.15. The summed E-state index contributed by atoms with van der Waals surface area (Å²) in [4.78, 5) is 24.3. The third-order valence-corrected chi connectivity index (χ3v) is 1.98. The van der Waals surface area contributed by atoms with Crippen LogP contribution in [-0.2, 0) is 4.79 Å². The fraction of sp³-hybridized carbons (Fsp3) is 0.300. The molecular weight excluding hydrogens is 238 g/mol. The van der Waals surface area contributed by atoms with Gasteiger partial charge in [-0.25, -0.2) is 4.98 Å². The van der Waals surface area contributed by atoms with Crippen molar-refractivity contribution in [3.63, 3.8) is 0 Å². The Morgan fingerprint density at radius 3 is 2.83 bits per heavy atom. The molecule has 1 aromatic rings. The number of hydrogen-bond acceptors (Lipinski definition) is 6. The second-order valence-electron chi connectivity index (χ2n) is 3.34. The van der Waals surface area contributed by atoms with E-state index in [0.717, 1.165) is 0 Å². The summed E-state index contributed by atoms with van der Waals surface area (Å²) in [5.41, 5.74) is -0.575. The van der Waals surface area contributed by atoms with Crippen LogP contribution in [0.1, 0.15) is 12.6 Å². The number of aromatic nitrogens is 1. The van der Waals surface area contributed by atoms with Crippen molar-refractivity contribution < 1.29 is 9.72 Å². The summed E-state index contributed by atoms with van der Waals surface area (Å²) >= 11 is 0. The highest BCUT2D eigenvalue weighted by molar-refractivity contribution is 5.72. The molecule has 0 aliphatic rings. The quantitative estimate of drug-likeness (QED) is 0.443. The van der Waals surface area contributed by atoms with E-state index in [4.69, 9.17) is 5.26 Å². The number of nitro groups is 1. The van der Waals surface area contributed by atoms with Crippen LogP contribution in [0.5, 0.6) is 0 Å². The summed E-state index contributed by atoms with van der Waals surface area (Å²) in [5.74, 6) is 0.202. The van der Waals surface area contributed by atoms with Crippen LogP contribution >= 0.6 is 0 Å². The van der Waals surface area contributed by atoms with Crippen LogP contribution in [0.25, 0.3) is 0 Å². The molecule has 0 radical (unpaired) electrons. The van der Waals surface area contributed by atoms with Gasteiger partial charge in [0.15, 0.2) is 0 Å². The maximum atomic E-state index is 10.6. The summed E-state index contributed by atoms with van der Waals surface area (Å²) in [6.45, 7) is 2.21. The Morgan fingerprint density at radius 2 is 2.28 bits per heavy atom. The van der Waals surface area contributed by atoms with Gasteiger partial charge in [0.05, 0.1) is 4.92 Å². The van der Waals surface area contributed by atoms with E-state index in [-0.39, 0.29) is 17.3 Å². The smallest absolute Gasteiger partial charge is 0.305 e. The largest absolute Gasteiger partial charge is 0.368 e. The highest BCUT2D eigenvalue weighted by Crippen LogP contribution is 2.17. The Balaban J connectivity index is 2.66. The van der Waals surface area contributed by atoms with Gasteiger partial charge < -0.3 is 10.6 Å². The lowest BCUT2D eigenvalue weighted by atomic mass is 10.3. The molecule has 1 heterocycles. The van der Waals surface area contributed by atoms with Gasteiger partial charge in [0.1, 0.15) is 11.9 Å². The minimum absolute atomic E-state index is 0.147. The zero-order chi connectivity index (χ0) is 13.5. The summed E-state index contributed by atoms with van der Waals surface area (Å²) in [6.07, 6.45) is 0. The molecule has 0 aliphatic carbocycles. The fourth-order valence-electron chi connectivity index (χ4n) is 1.21. The van der Waals surface area contributed by atoms with Gasteiger partial charge in [-0.15, -0.1) is 0 Å². The molecule has 1 amide bonds. The van der Waals surface area contributed by atoms with E-state index in [1.807, 2.05) is 0 Å². The molecule has 0 atom stereocenters. The van der Waals surface area contributed by atoms with E-state index in [0.29, 0.717) is 18.9 Å². The first-order valence-electron chi connectivity index (χ1n) is 5.08. The molecule has 18 heavy (non-hydrogen) atoms. The molecule has 1 aromatic heterocycles. The Morgan fingerprint density at radius 1 is 1.56 bits per heavy atom. The Kier molecular flexibility index (Phi) is 4.57. The highest BCUT2D eigenvalue weighted by Gasteiger charge is 2.15. The van der Waals surface area contributed by atoms with E-state index in [1.165, 1.54) is 19.1 Å². The number of nitrogens with one attached hydrogen (secondary N) is 2. The minimum atomic E-state index is -0.660. The molecule has 0 aromatic carbocycles. The summed E-state index contributed by atoms with van der Waals surface area (Å²) in [5, 5.41) is 24.7. The van der Waals surface area contributed by atoms with E-state index in [1.54, 1.807) is 6.07 Å². The Labute approximate surface area is 103 Å². The van der Waals surface area contributed by atoms with Gasteiger partial charge in [-0.05, 0) is 6.07 Å². The van der Waals surface area contributed by atoms with Gasteiger partial charge in [-0.3, -0.25) is 14.9 Å². The fourth-order valence-corrected chi connectivity index (χ4v) is 1.21. The van der Waals surface area contributed by atoms with E-state index < -0.39 is 4.92 Å². The van der Waals surface area contributed by atoms with Crippen molar-refractivity contribution in [2.24, 2.45) is 0 Å². The van der Waals surface area contributed by atoms with Crippen LogP contribution in [0.2, 0.25) is 0 Å². The number of amides is 1. The van der Waals surface area contributed by atoms with Gasteiger partial charge in [-0.2, -0.15) is 5.26 Å². The molecule has 8 heteroatoms. The molecule has 0 saturated heterocycles. The van der Waals surface area contributed by atoms with Crippen molar-refractivity contribution in [2.75, 3.05) is 18.4 Å². The third kappa shape index (κ3) is 3.71. The van der Waals surface area contributed by atoms with Gasteiger partial charge in [0.25, 0.3) is 0 Å². The highest BCUT2D eigenvalue weighted by atomic mass is 16.6. The van der Waals surface area contributed by atoms with Crippen molar-refractivity contribution >= 4 is 17.4 Å². The zero-order valence-corrected chi connectivity index (χ0v) is 9.64. The average molecular weight is 249 g/mol. The molecule has 0 aliphatic heterocycles. The lowest BCUT2D eigenvalue weighted by molar-refractivity contribution is -0.385. The normalized spacial score (nSPS) is 9.33. The number of hydrogen-bond donors (Lipinski definition) is 2. The Bertz CT molecular complexity index is 509. The van der Waals surface area contributed by atoms with Crippen molar-refractivity contribution in [3.8, 4) is 6.07 Å². The molecule has 0 saturated carbocycles. The van der Waals surface area contributed by atoms with Crippen LogP contribution in [-0.4, -0.2) is 28.9 Å². The molecule has 2 N–H and O–H groups in total. The lowest BCUT2D eigenvalue weighted by Crippen LogP contribution is -2.26. The molecule has 0 bridgehead atoms. The lowest BCUT2D eigenvalue weighted by Gasteiger charge is -2.06. The van der Waals surface area contributed by atoms with E-state index in [2.05, 4.69) is 15.6 Å². The number of nitriles is 1. The predicted molar refractivity (Wildman–Crippen MR) is 62.8 cm³/mol. The van der Waals surface area contributed by atoms with Crippen molar-refractivity contribution in [1.82, 2.24) is 10.3 Å². The minimum Gasteiger partial charge on any atom is -0.368 e. The number of rotatable bonds is 5. The van der Waals surface area contributed by atoms with Crippen LogP contribution < -0.4 is 10.6 Å². The van der Waals surface area contributed by atoms with Gasteiger partial charge in [0, 0.05) is 26.1 Å². The number of nitrogens with zero attached hydrogens (tertiary/aromatic N) is 3.